The van der Waals surface area contributed by atoms with Gasteiger partial charge in [-0.1, -0.05) is 40.5 Å². The van der Waals surface area contributed by atoms with Gasteiger partial charge in [-0.2, -0.15) is 0 Å². The molecule has 3 unspecified atom stereocenters. The van der Waals surface area contributed by atoms with Gasteiger partial charge in [0.1, 0.15) is 0 Å². The molecular weight excluding hydrogens is 158 g/mol. The van der Waals surface area contributed by atoms with Crippen molar-refractivity contribution in [2.45, 2.75) is 53.0 Å². The quantitative estimate of drug-likeness (QED) is 0.667. The minimum atomic E-state index is 0.801. The van der Waals surface area contributed by atoms with Crippen molar-refractivity contribution < 1.29 is 0 Å². The molecule has 1 fully saturated rings. The summed E-state index contributed by atoms with van der Waals surface area (Å²) in [7, 11) is 0. The number of rotatable bonds is 6. The van der Waals surface area contributed by atoms with Crippen molar-refractivity contribution in [1.29, 1.82) is 0 Å². The Morgan fingerprint density at radius 1 is 1.23 bits per heavy atom. The van der Waals surface area contributed by atoms with E-state index in [1.807, 2.05) is 0 Å². The molecule has 1 heteroatoms. The summed E-state index contributed by atoms with van der Waals surface area (Å²) in [6.45, 7) is 10.4. The number of hydrogen-bond donors (Lipinski definition) is 1. The van der Waals surface area contributed by atoms with Crippen molar-refractivity contribution in [3.8, 4) is 0 Å². The lowest BCUT2D eigenvalue weighted by atomic mass is 9.90. The smallest absolute Gasteiger partial charge is 0.0126 e. The molecular formula is C12H25N. The predicted octanol–water partition coefficient (Wildman–Crippen LogP) is 3.06. The Labute approximate surface area is 83.3 Å². The highest BCUT2D eigenvalue weighted by molar-refractivity contribution is 4.94. The maximum atomic E-state index is 3.68. The first-order valence-corrected chi connectivity index (χ1v) is 5.97. The average Bonchev–Trinajstić information content (AvgIpc) is 2.83. The minimum Gasteiger partial charge on any atom is -0.314 e. The first-order chi connectivity index (χ1) is 6.24. The Bertz CT molecular complexity index is 140. The van der Waals surface area contributed by atoms with Crippen molar-refractivity contribution in [3.63, 3.8) is 0 Å². The third-order valence-electron chi connectivity index (χ3n) is 3.63. The van der Waals surface area contributed by atoms with Crippen LogP contribution >= 0.6 is 0 Å². The van der Waals surface area contributed by atoms with Crippen LogP contribution in [0.2, 0.25) is 0 Å². The van der Waals surface area contributed by atoms with Gasteiger partial charge in [0.2, 0.25) is 0 Å². The number of nitrogens with one attached hydrogen (secondary N) is 1. The fraction of sp³-hybridized carbons (Fsp3) is 1.00. The molecule has 0 spiro atoms. The molecule has 3 atom stereocenters. The van der Waals surface area contributed by atoms with Gasteiger partial charge in [-0.05, 0) is 30.7 Å². The van der Waals surface area contributed by atoms with Crippen LogP contribution in [0.4, 0.5) is 0 Å². The monoisotopic (exact) mass is 183 g/mol. The molecule has 1 saturated carbocycles. The lowest BCUT2D eigenvalue weighted by Gasteiger charge is -2.26. The first-order valence-electron chi connectivity index (χ1n) is 5.97. The van der Waals surface area contributed by atoms with Crippen LogP contribution < -0.4 is 5.32 Å². The Hall–Kier alpha value is -0.0400. The van der Waals surface area contributed by atoms with Crippen LogP contribution in [0.15, 0.2) is 0 Å². The van der Waals surface area contributed by atoms with Gasteiger partial charge in [0.05, 0.1) is 0 Å². The van der Waals surface area contributed by atoms with Crippen molar-refractivity contribution in [3.05, 3.63) is 0 Å². The zero-order valence-electron chi connectivity index (χ0n) is 9.64. The molecule has 0 aromatic heterocycles. The molecule has 1 aliphatic rings. The van der Waals surface area contributed by atoms with Gasteiger partial charge in [-0.15, -0.1) is 0 Å². The van der Waals surface area contributed by atoms with E-state index in [-0.39, 0.29) is 0 Å². The first kappa shape index (κ1) is 11.0. The summed E-state index contributed by atoms with van der Waals surface area (Å²) in [5, 5.41) is 3.68. The maximum Gasteiger partial charge on any atom is 0.0126 e. The summed E-state index contributed by atoms with van der Waals surface area (Å²) in [6.07, 6.45) is 4.11. The van der Waals surface area contributed by atoms with Gasteiger partial charge < -0.3 is 5.32 Å². The summed E-state index contributed by atoms with van der Waals surface area (Å²) in [4.78, 5) is 0. The lowest BCUT2D eigenvalue weighted by molar-refractivity contribution is 0.300. The van der Waals surface area contributed by atoms with E-state index >= 15 is 0 Å². The van der Waals surface area contributed by atoms with Gasteiger partial charge in [0.15, 0.2) is 0 Å². The van der Waals surface area contributed by atoms with E-state index in [2.05, 4.69) is 33.0 Å². The second kappa shape index (κ2) is 4.99. The SMILES string of the molecule is CCNC(C(CC)CC)C1CC1C. The highest BCUT2D eigenvalue weighted by Crippen LogP contribution is 2.43. The standard InChI is InChI=1S/C12H25N/c1-5-10(6-2)12(13-7-3)11-8-9(11)4/h9-13H,5-8H2,1-4H3. The fourth-order valence-corrected chi connectivity index (χ4v) is 2.55. The maximum absolute atomic E-state index is 3.68. The largest absolute Gasteiger partial charge is 0.314 e. The van der Waals surface area contributed by atoms with E-state index in [1.165, 1.54) is 19.3 Å². The van der Waals surface area contributed by atoms with Crippen LogP contribution in [-0.2, 0) is 0 Å². The molecule has 0 aromatic carbocycles. The molecule has 1 rings (SSSR count). The Morgan fingerprint density at radius 2 is 1.77 bits per heavy atom. The summed E-state index contributed by atoms with van der Waals surface area (Å²) >= 11 is 0. The summed E-state index contributed by atoms with van der Waals surface area (Å²) in [6, 6.07) is 0.801. The lowest BCUT2D eigenvalue weighted by Crippen LogP contribution is -2.38. The summed E-state index contributed by atoms with van der Waals surface area (Å²) < 4.78 is 0. The molecule has 13 heavy (non-hydrogen) atoms. The zero-order valence-corrected chi connectivity index (χ0v) is 9.64. The average molecular weight is 183 g/mol. The molecule has 1 aliphatic carbocycles. The Morgan fingerprint density at radius 3 is 2.08 bits per heavy atom. The van der Waals surface area contributed by atoms with Crippen LogP contribution in [-0.4, -0.2) is 12.6 Å². The molecule has 0 aliphatic heterocycles. The van der Waals surface area contributed by atoms with E-state index in [0.717, 1.165) is 30.3 Å². The van der Waals surface area contributed by atoms with Crippen molar-refractivity contribution >= 4 is 0 Å². The van der Waals surface area contributed by atoms with Crippen LogP contribution in [0, 0.1) is 17.8 Å². The predicted molar refractivity (Wildman–Crippen MR) is 58.8 cm³/mol. The summed E-state index contributed by atoms with van der Waals surface area (Å²) in [5.41, 5.74) is 0. The molecule has 0 aromatic rings. The molecule has 1 nitrogen and oxygen atoms in total. The van der Waals surface area contributed by atoms with E-state index in [1.54, 1.807) is 0 Å². The highest BCUT2D eigenvalue weighted by Gasteiger charge is 2.41. The van der Waals surface area contributed by atoms with Gasteiger partial charge in [-0.3, -0.25) is 0 Å². The highest BCUT2D eigenvalue weighted by atomic mass is 14.9. The molecule has 78 valence electrons. The minimum absolute atomic E-state index is 0.801. The van der Waals surface area contributed by atoms with Gasteiger partial charge in [0, 0.05) is 6.04 Å². The summed E-state index contributed by atoms with van der Waals surface area (Å²) in [5.74, 6) is 2.85. The second-order valence-corrected chi connectivity index (χ2v) is 4.54. The normalized spacial score (nSPS) is 29.3. The van der Waals surface area contributed by atoms with E-state index in [0.29, 0.717) is 0 Å². The van der Waals surface area contributed by atoms with Crippen LogP contribution in [0.3, 0.4) is 0 Å². The Kier molecular flexibility index (Phi) is 4.24. The third-order valence-corrected chi connectivity index (χ3v) is 3.63. The fourth-order valence-electron chi connectivity index (χ4n) is 2.55. The van der Waals surface area contributed by atoms with Crippen molar-refractivity contribution in [2.75, 3.05) is 6.54 Å². The van der Waals surface area contributed by atoms with Gasteiger partial charge >= 0.3 is 0 Å². The van der Waals surface area contributed by atoms with E-state index in [4.69, 9.17) is 0 Å². The van der Waals surface area contributed by atoms with Gasteiger partial charge in [-0.25, -0.2) is 0 Å². The van der Waals surface area contributed by atoms with Crippen LogP contribution in [0.25, 0.3) is 0 Å². The third kappa shape index (κ3) is 2.70. The second-order valence-electron chi connectivity index (χ2n) is 4.54. The van der Waals surface area contributed by atoms with Crippen molar-refractivity contribution in [1.82, 2.24) is 5.32 Å². The van der Waals surface area contributed by atoms with E-state index in [9.17, 15) is 0 Å². The zero-order chi connectivity index (χ0) is 9.84. The molecule has 0 bridgehead atoms. The van der Waals surface area contributed by atoms with Crippen LogP contribution in [0.5, 0.6) is 0 Å². The topological polar surface area (TPSA) is 12.0 Å². The number of hydrogen-bond acceptors (Lipinski definition) is 1. The molecule has 0 heterocycles. The molecule has 0 amide bonds. The van der Waals surface area contributed by atoms with Crippen molar-refractivity contribution in [2.24, 2.45) is 17.8 Å². The Balaban J connectivity index is 2.45. The molecule has 0 saturated heterocycles. The van der Waals surface area contributed by atoms with Gasteiger partial charge in [0.25, 0.3) is 0 Å². The molecule has 0 radical (unpaired) electrons. The van der Waals surface area contributed by atoms with Crippen LogP contribution in [0.1, 0.15) is 47.0 Å². The van der Waals surface area contributed by atoms with E-state index < -0.39 is 0 Å². The molecule has 1 N–H and O–H groups in total.